The van der Waals surface area contributed by atoms with Crippen molar-refractivity contribution in [1.29, 1.82) is 0 Å². The van der Waals surface area contributed by atoms with Gasteiger partial charge in [-0.15, -0.1) is 0 Å². The second-order valence-electron chi connectivity index (χ2n) is 2.53. The van der Waals surface area contributed by atoms with Crippen LogP contribution in [-0.4, -0.2) is 42.3 Å². The van der Waals surface area contributed by atoms with E-state index in [0.717, 1.165) is 0 Å². The highest BCUT2D eigenvalue weighted by atomic mass is 16.5. The van der Waals surface area contributed by atoms with Crippen LogP contribution in [0.15, 0.2) is 0 Å². The lowest BCUT2D eigenvalue weighted by molar-refractivity contribution is -0.00465. The van der Waals surface area contributed by atoms with E-state index in [4.69, 9.17) is 9.84 Å². The molecular weight excluding hydrogens is 131 g/mol. The molecule has 57 valence electrons. The van der Waals surface area contributed by atoms with E-state index in [-0.39, 0.29) is 18.7 Å². The average Bonchev–Trinajstić information content (AvgIpc) is 2.30. The fraction of sp³-hybridized carbons (Fsp3) is 1.00. The molecule has 0 amide bonds. The summed E-state index contributed by atoms with van der Waals surface area (Å²) in [7, 11) is 1.89. The summed E-state index contributed by atoms with van der Waals surface area (Å²) in [5, 5.41) is 17.8. The van der Waals surface area contributed by atoms with E-state index in [1.807, 2.05) is 14.1 Å². The van der Waals surface area contributed by atoms with Crippen molar-refractivity contribution in [3.8, 4) is 0 Å². The zero-order valence-electron chi connectivity index (χ0n) is 6.03. The van der Waals surface area contributed by atoms with Gasteiger partial charge < -0.3 is 14.9 Å². The molecule has 0 bridgehead atoms. The van der Waals surface area contributed by atoms with Crippen molar-refractivity contribution in [1.82, 2.24) is 0 Å². The van der Waals surface area contributed by atoms with Crippen LogP contribution in [0.4, 0.5) is 0 Å². The van der Waals surface area contributed by atoms with Crippen molar-refractivity contribution < 1.29 is 14.9 Å². The number of hydrogen-bond donors (Lipinski definition) is 2. The van der Waals surface area contributed by atoms with Gasteiger partial charge in [-0.2, -0.15) is 0 Å². The molecule has 0 aromatic carbocycles. The van der Waals surface area contributed by atoms with Gasteiger partial charge in [-0.25, -0.2) is 0 Å². The minimum atomic E-state index is -0.494. The third-order valence-corrected chi connectivity index (χ3v) is 1.80. The highest BCUT2D eigenvalue weighted by Crippen LogP contribution is 2.18. The maximum atomic E-state index is 9.19. The maximum absolute atomic E-state index is 9.19. The normalized spacial score (nSPS) is 40.1. The quantitative estimate of drug-likeness (QED) is 0.498. The smallest absolute Gasteiger partial charge is 0.146 e. The van der Waals surface area contributed by atoms with Crippen molar-refractivity contribution in [2.75, 3.05) is 6.61 Å². The summed E-state index contributed by atoms with van der Waals surface area (Å²) in [5.41, 5.74) is 0. The first-order chi connectivity index (χ1) is 4.77. The molecule has 1 aliphatic rings. The SMILES string of the molecule is C[B][C@H]1CC(O)[C@@H](CO)O1. The summed E-state index contributed by atoms with van der Waals surface area (Å²) in [6.07, 6.45) is -0.255. The van der Waals surface area contributed by atoms with Gasteiger partial charge in [0.2, 0.25) is 0 Å². The molecule has 0 spiro atoms. The van der Waals surface area contributed by atoms with Crippen LogP contribution >= 0.6 is 0 Å². The predicted octanol–water partition coefficient (Wildman–Crippen LogP) is -0.793. The Morgan fingerprint density at radius 2 is 2.40 bits per heavy atom. The van der Waals surface area contributed by atoms with Crippen molar-refractivity contribution in [2.24, 2.45) is 0 Å². The zero-order valence-corrected chi connectivity index (χ0v) is 6.03. The topological polar surface area (TPSA) is 49.7 Å². The Hall–Kier alpha value is -0.0551. The lowest BCUT2D eigenvalue weighted by Crippen LogP contribution is -2.24. The van der Waals surface area contributed by atoms with Crippen molar-refractivity contribution in [2.45, 2.75) is 31.5 Å². The molecule has 4 heteroatoms. The van der Waals surface area contributed by atoms with Gasteiger partial charge >= 0.3 is 0 Å². The second kappa shape index (κ2) is 3.37. The summed E-state index contributed by atoms with van der Waals surface area (Å²) >= 11 is 0. The molecule has 2 N–H and O–H groups in total. The molecule has 1 fully saturated rings. The maximum Gasteiger partial charge on any atom is 0.146 e. The molecular formula is C6H12BO3. The number of aliphatic hydroxyl groups excluding tert-OH is 2. The Morgan fingerprint density at radius 3 is 2.70 bits per heavy atom. The number of aliphatic hydroxyl groups is 2. The predicted molar refractivity (Wildman–Crippen MR) is 38.0 cm³/mol. The molecule has 3 atom stereocenters. The largest absolute Gasteiger partial charge is 0.394 e. The Morgan fingerprint density at radius 1 is 1.70 bits per heavy atom. The fourth-order valence-corrected chi connectivity index (χ4v) is 1.14. The molecule has 1 unspecified atom stereocenters. The highest BCUT2D eigenvalue weighted by molar-refractivity contribution is 6.35. The van der Waals surface area contributed by atoms with Crippen LogP contribution in [0.25, 0.3) is 0 Å². The van der Waals surface area contributed by atoms with E-state index < -0.39 is 6.10 Å². The van der Waals surface area contributed by atoms with Crippen LogP contribution in [0.2, 0.25) is 6.82 Å². The fourth-order valence-electron chi connectivity index (χ4n) is 1.14. The van der Waals surface area contributed by atoms with Gasteiger partial charge in [0.15, 0.2) is 0 Å². The minimum Gasteiger partial charge on any atom is -0.394 e. The lowest BCUT2D eigenvalue weighted by Gasteiger charge is -2.09. The number of ether oxygens (including phenoxy) is 1. The van der Waals surface area contributed by atoms with E-state index >= 15 is 0 Å². The summed E-state index contributed by atoms with van der Waals surface area (Å²) in [5.74, 6) is 0. The van der Waals surface area contributed by atoms with Crippen molar-refractivity contribution in [3.05, 3.63) is 0 Å². The zero-order chi connectivity index (χ0) is 7.56. The van der Waals surface area contributed by atoms with E-state index in [2.05, 4.69) is 0 Å². The van der Waals surface area contributed by atoms with Gasteiger partial charge in [-0.3, -0.25) is 0 Å². The van der Waals surface area contributed by atoms with E-state index in [1.165, 1.54) is 0 Å². The Kier molecular flexibility index (Phi) is 2.71. The van der Waals surface area contributed by atoms with E-state index in [0.29, 0.717) is 6.42 Å². The molecule has 1 saturated heterocycles. The Balaban J connectivity index is 2.36. The van der Waals surface area contributed by atoms with Gasteiger partial charge in [-0.05, 0) is 6.42 Å². The Bertz CT molecular complexity index is 109. The Labute approximate surface area is 61.2 Å². The number of hydrogen-bond acceptors (Lipinski definition) is 3. The molecule has 0 aliphatic carbocycles. The minimum absolute atomic E-state index is 0.0205. The first-order valence-electron chi connectivity index (χ1n) is 3.51. The average molecular weight is 143 g/mol. The van der Waals surface area contributed by atoms with E-state index in [9.17, 15) is 5.11 Å². The van der Waals surface area contributed by atoms with Crippen LogP contribution in [0.3, 0.4) is 0 Å². The summed E-state index contributed by atoms with van der Waals surface area (Å²) in [6, 6.07) is 0.0205. The van der Waals surface area contributed by atoms with Crippen LogP contribution in [0, 0.1) is 0 Å². The highest BCUT2D eigenvalue weighted by Gasteiger charge is 2.31. The molecule has 1 radical (unpaired) electrons. The van der Waals surface area contributed by atoms with Crippen molar-refractivity contribution >= 4 is 7.28 Å². The first kappa shape index (κ1) is 8.05. The lowest BCUT2D eigenvalue weighted by atomic mass is 9.73. The number of rotatable bonds is 2. The third-order valence-electron chi connectivity index (χ3n) is 1.80. The molecule has 10 heavy (non-hydrogen) atoms. The van der Waals surface area contributed by atoms with Crippen LogP contribution in [0.1, 0.15) is 6.42 Å². The third kappa shape index (κ3) is 1.51. The molecule has 0 aromatic heterocycles. The summed E-state index contributed by atoms with van der Waals surface area (Å²) in [6.45, 7) is 1.79. The van der Waals surface area contributed by atoms with Crippen molar-refractivity contribution in [3.63, 3.8) is 0 Å². The monoisotopic (exact) mass is 143 g/mol. The molecule has 0 saturated carbocycles. The van der Waals surface area contributed by atoms with Gasteiger partial charge in [0.05, 0.1) is 12.7 Å². The molecule has 1 rings (SSSR count). The molecule has 3 nitrogen and oxygen atoms in total. The standard InChI is InChI=1S/C6H12BO3/c1-7-6-2-4(9)5(3-8)10-6/h4-6,8-9H,2-3H2,1H3/t4?,5-,6-/m1/s1. The van der Waals surface area contributed by atoms with Gasteiger partial charge in [0.1, 0.15) is 13.4 Å². The van der Waals surface area contributed by atoms with Crippen LogP contribution in [0.5, 0.6) is 0 Å². The molecule has 0 aromatic rings. The van der Waals surface area contributed by atoms with Gasteiger partial charge in [0.25, 0.3) is 0 Å². The first-order valence-corrected chi connectivity index (χ1v) is 3.51. The van der Waals surface area contributed by atoms with Gasteiger partial charge in [0, 0.05) is 6.00 Å². The van der Waals surface area contributed by atoms with E-state index in [1.54, 1.807) is 0 Å². The molecule has 1 heterocycles. The van der Waals surface area contributed by atoms with Gasteiger partial charge in [-0.1, -0.05) is 6.82 Å². The second-order valence-corrected chi connectivity index (χ2v) is 2.53. The van der Waals surface area contributed by atoms with Crippen LogP contribution in [-0.2, 0) is 4.74 Å². The molecule has 1 aliphatic heterocycles. The summed E-state index contributed by atoms with van der Waals surface area (Å²) in [4.78, 5) is 0. The van der Waals surface area contributed by atoms with Crippen LogP contribution < -0.4 is 0 Å². The summed E-state index contributed by atoms with van der Waals surface area (Å²) < 4.78 is 5.22.